The summed E-state index contributed by atoms with van der Waals surface area (Å²) in [5.41, 5.74) is 0. The van der Waals surface area contributed by atoms with Gasteiger partial charge in [-0.05, 0) is 19.0 Å². The van der Waals surface area contributed by atoms with E-state index in [4.69, 9.17) is 3.97 Å². The number of unbranched alkanes of at least 4 members (excludes halogenated alkanes) is 1. The fourth-order valence-corrected chi connectivity index (χ4v) is 5.08. The summed E-state index contributed by atoms with van der Waals surface area (Å²) >= 11 is 0. The minimum absolute atomic E-state index is 0.112. The Morgan fingerprint density at radius 1 is 1.19 bits per heavy atom. The SMILES string of the molecule is CCCCPOS(=O)(=O)CCC[Si](C)(C)C. The van der Waals surface area contributed by atoms with Crippen molar-refractivity contribution in [3.05, 3.63) is 0 Å². The molecule has 0 heterocycles. The van der Waals surface area contributed by atoms with E-state index in [0.29, 0.717) is 0 Å². The van der Waals surface area contributed by atoms with Gasteiger partial charge in [-0.25, -0.2) is 0 Å². The van der Waals surface area contributed by atoms with Gasteiger partial charge in [0.05, 0.1) is 5.75 Å². The van der Waals surface area contributed by atoms with Crippen LogP contribution in [0.2, 0.25) is 25.7 Å². The lowest BCUT2D eigenvalue weighted by molar-refractivity contribution is 0.511. The van der Waals surface area contributed by atoms with E-state index in [1.807, 2.05) is 0 Å². The third-order valence-corrected chi connectivity index (χ3v) is 6.83. The van der Waals surface area contributed by atoms with Crippen molar-refractivity contribution in [3.8, 4) is 0 Å². The Labute approximate surface area is 103 Å². The van der Waals surface area contributed by atoms with Crippen LogP contribution in [0.15, 0.2) is 0 Å². The van der Waals surface area contributed by atoms with Crippen LogP contribution < -0.4 is 0 Å². The normalized spacial score (nSPS) is 13.8. The number of rotatable bonds is 9. The lowest BCUT2D eigenvalue weighted by atomic mass is 10.4. The molecule has 0 N–H and O–H groups in total. The summed E-state index contributed by atoms with van der Waals surface area (Å²) in [6.07, 6.45) is 3.75. The van der Waals surface area contributed by atoms with Gasteiger partial charge in [-0.2, -0.15) is 8.42 Å². The first-order chi connectivity index (χ1) is 7.27. The second kappa shape index (κ2) is 7.80. The molecule has 0 aromatic carbocycles. The lowest BCUT2D eigenvalue weighted by Gasteiger charge is -2.14. The van der Waals surface area contributed by atoms with Gasteiger partial charge in [0.1, 0.15) is 0 Å². The van der Waals surface area contributed by atoms with E-state index in [9.17, 15) is 8.42 Å². The largest absolute Gasteiger partial charge is 0.270 e. The summed E-state index contributed by atoms with van der Waals surface area (Å²) in [6.45, 7) is 8.85. The van der Waals surface area contributed by atoms with Crippen LogP contribution in [0.3, 0.4) is 0 Å². The maximum Gasteiger partial charge on any atom is 0.270 e. The summed E-state index contributed by atoms with van der Waals surface area (Å²) in [5.74, 6) is 0.191. The molecule has 0 fully saturated rings. The van der Waals surface area contributed by atoms with E-state index in [-0.39, 0.29) is 14.6 Å². The molecule has 0 aromatic rings. The van der Waals surface area contributed by atoms with Crippen LogP contribution >= 0.6 is 8.81 Å². The average Bonchev–Trinajstić information content (AvgIpc) is 2.10. The first kappa shape index (κ1) is 16.6. The zero-order valence-corrected chi connectivity index (χ0v) is 13.7. The Morgan fingerprint density at radius 2 is 1.81 bits per heavy atom. The topological polar surface area (TPSA) is 43.4 Å². The van der Waals surface area contributed by atoms with Crippen molar-refractivity contribution in [1.29, 1.82) is 0 Å². The zero-order valence-electron chi connectivity index (χ0n) is 10.9. The highest BCUT2D eigenvalue weighted by atomic mass is 32.2. The highest BCUT2D eigenvalue weighted by Crippen LogP contribution is 2.20. The predicted octanol–water partition coefficient (Wildman–Crippen LogP) is 3.45. The van der Waals surface area contributed by atoms with Crippen LogP contribution in [0.1, 0.15) is 26.2 Å². The first-order valence-electron chi connectivity index (χ1n) is 5.91. The Hall–Kier alpha value is 0.557. The molecular weight excluding hydrogens is 259 g/mol. The molecule has 0 bridgehead atoms. The number of hydrogen-bond donors (Lipinski definition) is 0. The van der Waals surface area contributed by atoms with E-state index >= 15 is 0 Å². The summed E-state index contributed by atoms with van der Waals surface area (Å²) in [7, 11) is -4.26. The van der Waals surface area contributed by atoms with Crippen molar-refractivity contribution in [2.45, 2.75) is 51.9 Å². The molecule has 0 aliphatic carbocycles. The van der Waals surface area contributed by atoms with Gasteiger partial charge in [-0.3, -0.25) is 3.97 Å². The third-order valence-electron chi connectivity index (χ3n) is 2.14. The molecule has 0 aliphatic heterocycles. The van der Waals surface area contributed by atoms with E-state index in [2.05, 4.69) is 26.6 Å². The molecule has 0 spiro atoms. The molecule has 0 saturated heterocycles. The van der Waals surface area contributed by atoms with Crippen LogP contribution in [-0.2, 0) is 14.1 Å². The van der Waals surface area contributed by atoms with Gasteiger partial charge in [-0.15, -0.1) is 0 Å². The molecule has 3 nitrogen and oxygen atoms in total. The zero-order chi connectivity index (χ0) is 12.7. The monoisotopic (exact) mass is 284 g/mol. The lowest BCUT2D eigenvalue weighted by Crippen LogP contribution is -2.20. The van der Waals surface area contributed by atoms with Gasteiger partial charge >= 0.3 is 0 Å². The summed E-state index contributed by atoms with van der Waals surface area (Å²) in [5, 5.41) is 0. The fourth-order valence-electron chi connectivity index (χ4n) is 1.20. The van der Waals surface area contributed by atoms with Gasteiger partial charge < -0.3 is 0 Å². The fraction of sp³-hybridized carbons (Fsp3) is 1.00. The molecule has 16 heavy (non-hydrogen) atoms. The molecule has 0 radical (unpaired) electrons. The van der Waals surface area contributed by atoms with Crippen molar-refractivity contribution in [1.82, 2.24) is 0 Å². The van der Waals surface area contributed by atoms with E-state index in [0.717, 1.165) is 31.5 Å². The summed E-state index contributed by atoms with van der Waals surface area (Å²) < 4.78 is 27.9. The Bertz CT molecular complexity index is 272. The second-order valence-corrected chi connectivity index (χ2v) is 13.9. The average molecular weight is 284 g/mol. The Kier molecular flexibility index (Phi) is 8.07. The standard InChI is InChI=1S/C10H25O3PSSi/c1-5-6-8-14-13-15(11,12)9-7-10-16(2,3)4/h14H,5-10H2,1-4H3. The van der Waals surface area contributed by atoms with Crippen molar-refractivity contribution >= 4 is 27.0 Å². The Morgan fingerprint density at radius 3 is 2.31 bits per heavy atom. The van der Waals surface area contributed by atoms with Crippen LogP contribution in [0.25, 0.3) is 0 Å². The summed E-state index contributed by atoms with van der Waals surface area (Å²) in [6, 6.07) is 1.05. The maximum absolute atomic E-state index is 11.5. The molecule has 0 aliphatic rings. The van der Waals surface area contributed by atoms with Gasteiger partial charge in [0, 0.05) is 16.9 Å². The maximum atomic E-state index is 11.5. The predicted molar refractivity (Wildman–Crippen MR) is 75.7 cm³/mol. The van der Waals surface area contributed by atoms with Crippen LogP contribution in [0.5, 0.6) is 0 Å². The highest BCUT2D eigenvalue weighted by Gasteiger charge is 2.16. The van der Waals surface area contributed by atoms with E-state index in [1.54, 1.807) is 0 Å². The molecule has 1 unspecified atom stereocenters. The first-order valence-corrected chi connectivity index (χ1v) is 12.3. The van der Waals surface area contributed by atoms with Crippen molar-refractivity contribution < 1.29 is 12.4 Å². The van der Waals surface area contributed by atoms with Gasteiger partial charge in [0.15, 0.2) is 0 Å². The molecule has 6 heteroatoms. The molecule has 0 saturated carbocycles. The summed E-state index contributed by atoms with van der Waals surface area (Å²) in [4.78, 5) is 0. The van der Waals surface area contributed by atoms with E-state index < -0.39 is 18.2 Å². The molecule has 0 rings (SSSR count). The molecule has 1 atom stereocenters. The van der Waals surface area contributed by atoms with Crippen molar-refractivity contribution in [3.63, 3.8) is 0 Å². The van der Waals surface area contributed by atoms with Gasteiger partial charge in [-0.1, -0.05) is 39.0 Å². The molecule has 0 amide bonds. The molecule has 0 aromatic heterocycles. The van der Waals surface area contributed by atoms with Crippen molar-refractivity contribution in [2.24, 2.45) is 0 Å². The number of hydrogen-bond acceptors (Lipinski definition) is 3. The van der Waals surface area contributed by atoms with Gasteiger partial charge in [0.25, 0.3) is 10.1 Å². The third kappa shape index (κ3) is 11.1. The Balaban J connectivity index is 3.71. The molecule has 98 valence electrons. The second-order valence-electron chi connectivity index (χ2n) is 5.26. The minimum Gasteiger partial charge on any atom is -0.251 e. The van der Waals surface area contributed by atoms with Gasteiger partial charge in [0.2, 0.25) is 0 Å². The van der Waals surface area contributed by atoms with Crippen molar-refractivity contribution in [2.75, 3.05) is 11.9 Å². The van der Waals surface area contributed by atoms with Crippen LogP contribution in [-0.4, -0.2) is 28.4 Å². The highest BCUT2D eigenvalue weighted by molar-refractivity contribution is 7.89. The smallest absolute Gasteiger partial charge is 0.251 e. The van der Waals surface area contributed by atoms with Crippen LogP contribution in [0.4, 0.5) is 0 Å². The minimum atomic E-state index is -3.25. The van der Waals surface area contributed by atoms with Crippen LogP contribution in [0, 0.1) is 0 Å². The van der Waals surface area contributed by atoms with E-state index in [1.165, 1.54) is 0 Å². The quantitative estimate of drug-likeness (QED) is 0.370. The molecular formula is C10H25O3PSSi.